The van der Waals surface area contributed by atoms with Crippen molar-refractivity contribution < 1.29 is 32.9 Å². The van der Waals surface area contributed by atoms with Crippen LogP contribution in [0, 0.1) is 0 Å². The molecule has 0 aromatic carbocycles. The molecule has 0 rings (SSSR count). The number of unbranched alkanes of at least 4 members (excludes halogenated alkanes) is 30. The zero-order valence-corrected chi connectivity index (χ0v) is 45.5. The second kappa shape index (κ2) is 49.2. The Hall–Kier alpha value is -1.80. The van der Waals surface area contributed by atoms with Crippen LogP contribution in [0.1, 0.15) is 251 Å². The molecule has 0 aliphatic heterocycles. The SMILES string of the molecule is CC/C=C\C/C=C\CCCCCCCCCCCCCCCCC(=O)NC(COP(=O)(O)OCC[N+](C)(C)C)C(O)/C=C/CC/C=C/CC/C=C/CCCCCCCCCCCCCCCC. The summed E-state index contributed by atoms with van der Waals surface area (Å²) in [6, 6.07) is -0.872. The van der Waals surface area contributed by atoms with Crippen molar-refractivity contribution in [3.63, 3.8) is 0 Å². The number of hydrogen-bond donors (Lipinski definition) is 3. The van der Waals surface area contributed by atoms with E-state index in [9.17, 15) is 19.4 Å². The van der Waals surface area contributed by atoms with Gasteiger partial charge in [-0.15, -0.1) is 0 Å². The molecule has 0 aromatic rings. The van der Waals surface area contributed by atoms with Crippen LogP contribution in [0.15, 0.2) is 60.8 Å². The lowest BCUT2D eigenvalue weighted by atomic mass is 10.0. The van der Waals surface area contributed by atoms with Crippen molar-refractivity contribution in [1.82, 2.24) is 5.32 Å². The van der Waals surface area contributed by atoms with Gasteiger partial charge in [-0.2, -0.15) is 0 Å². The molecule has 0 fully saturated rings. The highest BCUT2D eigenvalue weighted by Crippen LogP contribution is 2.43. The van der Waals surface area contributed by atoms with Crippen molar-refractivity contribution in [2.45, 2.75) is 264 Å². The topological polar surface area (TPSA) is 105 Å². The Morgan fingerprint density at radius 1 is 0.522 bits per heavy atom. The maximum absolute atomic E-state index is 13.0. The van der Waals surface area contributed by atoms with Gasteiger partial charge in [-0.25, -0.2) is 4.57 Å². The normalized spacial score (nSPS) is 14.4. The first-order chi connectivity index (χ1) is 32.5. The Balaban J connectivity index is 4.30. The second-order valence-electron chi connectivity index (χ2n) is 20.3. The molecule has 0 aliphatic rings. The zero-order chi connectivity index (χ0) is 49.2. The quantitative estimate of drug-likeness (QED) is 0.0243. The summed E-state index contributed by atoms with van der Waals surface area (Å²) in [6.07, 6.45) is 66.1. The molecular formula is C58H110N2O6P+. The lowest BCUT2D eigenvalue weighted by molar-refractivity contribution is -0.870. The van der Waals surface area contributed by atoms with Crippen molar-refractivity contribution in [1.29, 1.82) is 0 Å². The first-order valence-corrected chi connectivity index (χ1v) is 29.7. The number of phosphoric ester groups is 1. The van der Waals surface area contributed by atoms with Crippen molar-refractivity contribution in [2.24, 2.45) is 0 Å². The first-order valence-electron chi connectivity index (χ1n) is 28.2. The third-order valence-corrected chi connectivity index (χ3v) is 13.4. The number of nitrogens with one attached hydrogen (secondary N) is 1. The van der Waals surface area contributed by atoms with Gasteiger partial charge in [0.25, 0.3) is 0 Å². The predicted molar refractivity (Wildman–Crippen MR) is 290 cm³/mol. The minimum Gasteiger partial charge on any atom is -0.387 e. The largest absolute Gasteiger partial charge is 0.472 e. The fourth-order valence-corrected chi connectivity index (χ4v) is 8.79. The fraction of sp³-hybridized carbons (Fsp3) is 0.810. The first kappa shape index (κ1) is 65.2. The average molecular weight is 962 g/mol. The molecule has 1 amide bonds. The Labute approximate surface area is 415 Å². The van der Waals surface area contributed by atoms with E-state index in [0.29, 0.717) is 17.4 Å². The summed E-state index contributed by atoms with van der Waals surface area (Å²) in [4.78, 5) is 23.3. The van der Waals surface area contributed by atoms with E-state index in [0.717, 1.165) is 57.8 Å². The Bertz CT molecular complexity index is 1270. The molecule has 0 spiro atoms. The lowest BCUT2D eigenvalue weighted by Gasteiger charge is -2.25. The number of aliphatic hydroxyl groups is 1. The van der Waals surface area contributed by atoms with Gasteiger partial charge in [0.2, 0.25) is 5.91 Å². The van der Waals surface area contributed by atoms with E-state index in [1.807, 2.05) is 27.2 Å². The van der Waals surface area contributed by atoms with Crippen molar-refractivity contribution in [3.05, 3.63) is 60.8 Å². The predicted octanol–water partition coefficient (Wildman–Crippen LogP) is 16.9. The van der Waals surface area contributed by atoms with Gasteiger partial charge in [-0.3, -0.25) is 13.8 Å². The monoisotopic (exact) mass is 962 g/mol. The van der Waals surface area contributed by atoms with Gasteiger partial charge >= 0.3 is 7.82 Å². The van der Waals surface area contributed by atoms with E-state index in [4.69, 9.17) is 9.05 Å². The van der Waals surface area contributed by atoms with Gasteiger partial charge in [-0.1, -0.05) is 235 Å². The standard InChI is InChI=1S/C58H109N2O6P/c1-6-8-10-12-14-16-18-20-22-24-26-28-29-30-32-33-35-37-39-41-43-45-47-49-51-57(61)56(55-66-67(63,64)65-54-53-60(3,4)5)59-58(62)52-50-48-46-44-42-40-38-36-34-31-27-25-23-21-19-17-15-13-11-9-7-2/h9,11,15,17,33,35,41,43,49,51,56-57,61H,6-8,10,12-14,16,18-32,34,36-40,42,44-48,50,52-55H2,1-5H3,(H-,59,62,63,64)/p+1/b11-9-,17-15-,35-33+,43-41+,51-49+. The van der Waals surface area contributed by atoms with E-state index in [1.54, 1.807) is 6.08 Å². The molecule has 0 saturated carbocycles. The maximum atomic E-state index is 13.0. The summed E-state index contributed by atoms with van der Waals surface area (Å²) in [6.45, 7) is 4.71. The Morgan fingerprint density at radius 2 is 0.910 bits per heavy atom. The third kappa shape index (κ3) is 51.9. The van der Waals surface area contributed by atoms with Crippen molar-refractivity contribution in [3.8, 4) is 0 Å². The highest BCUT2D eigenvalue weighted by Gasteiger charge is 2.27. The van der Waals surface area contributed by atoms with Crippen molar-refractivity contribution in [2.75, 3.05) is 40.9 Å². The minimum absolute atomic E-state index is 0.0524. The van der Waals surface area contributed by atoms with E-state index < -0.39 is 20.0 Å². The molecule has 3 atom stereocenters. The average Bonchev–Trinajstić information content (AvgIpc) is 3.29. The molecule has 0 aromatic heterocycles. The molecule has 392 valence electrons. The van der Waals surface area contributed by atoms with E-state index in [2.05, 4.69) is 67.8 Å². The number of allylic oxidation sites excluding steroid dienone is 9. The maximum Gasteiger partial charge on any atom is 0.472 e. The highest BCUT2D eigenvalue weighted by molar-refractivity contribution is 7.47. The van der Waals surface area contributed by atoms with Crippen LogP contribution >= 0.6 is 7.82 Å². The van der Waals surface area contributed by atoms with E-state index in [1.165, 1.54) is 173 Å². The van der Waals surface area contributed by atoms with Gasteiger partial charge in [0.05, 0.1) is 39.9 Å². The summed E-state index contributed by atoms with van der Waals surface area (Å²) < 4.78 is 23.7. The molecular weight excluding hydrogens is 852 g/mol. The summed E-state index contributed by atoms with van der Waals surface area (Å²) in [5, 5.41) is 13.9. The van der Waals surface area contributed by atoms with Crippen LogP contribution in [0.25, 0.3) is 0 Å². The molecule has 0 radical (unpaired) electrons. The molecule has 0 aliphatic carbocycles. The summed E-state index contributed by atoms with van der Waals surface area (Å²) in [5.74, 6) is -0.191. The molecule has 0 bridgehead atoms. The minimum atomic E-state index is -4.36. The number of amides is 1. The molecule has 8 nitrogen and oxygen atoms in total. The van der Waals surface area contributed by atoms with Gasteiger partial charge in [-0.05, 0) is 70.6 Å². The number of quaternary nitrogens is 1. The number of rotatable bonds is 51. The number of carbonyl (C=O) groups is 1. The molecule has 0 heterocycles. The van der Waals surface area contributed by atoms with Crippen LogP contribution < -0.4 is 5.32 Å². The van der Waals surface area contributed by atoms with E-state index >= 15 is 0 Å². The zero-order valence-electron chi connectivity index (χ0n) is 44.6. The number of likely N-dealkylation sites (N-methyl/N-ethyl adjacent to an activating group) is 1. The molecule has 9 heteroatoms. The Kier molecular flexibility index (Phi) is 47.9. The smallest absolute Gasteiger partial charge is 0.387 e. The van der Waals surface area contributed by atoms with Gasteiger partial charge in [0.1, 0.15) is 13.2 Å². The fourth-order valence-electron chi connectivity index (χ4n) is 8.05. The second-order valence-corrected chi connectivity index (χ2v) is 21.7. The number of phosphoric acid groups is 1. The van der Waals surface area contributed by atoms with Crippen LogP contribution in [-0.2, 0) is 18.4 Å². The van der Waals surface area contributed by atoms with Gasteiger partial charge in [0, 0.05) is 6.42 Å². The van der Waals surface area contributed by atoms with Gasteiger partial charge < -0.3 is 19.8 Å². The van der Waals surface area contributed by atoms with Crippen LogP contribution in [0.2, 0.25) is 0 Å². The van der Waals surface area contributed by atoms with Gasteiger partial charge in [0.15, 0.2) is 0 Å². The van der Waals surface area contributed by atoms with Crippen LogP contribution in [-0.4, -0.2) is 73.4 Å². The summed E-state index contributed by atoms with van der Waals surface area (Å²) in [7, 11) is 1.55. The van der Waals surface area contributed by atoms with Crippen LogP contribution in [0.3, 0.4) is 0 Å². The third-order valence-electron chi connectivity index (χ3n) is 12.4. The summed E-state index contributed by atoms with van der Waals surface area (Å²) >= 11 is 0. The van der Waals surface area contributed by atoms with Crippen LogP contribution in [0.4, 0.5) is 0 Å². The molecule has 0 saturated heterocycles. The number of carbonyl (C=O) groups excluding carboxylic acids is 1. The molecule has 67 heavy (non-hydrogen) atoms. The number of aliphatic hydroxyl groups excluding tert-OH is 1. The number of hydrogen-bond acceptors (Lipinski definition) is 5. The lowest BCUT2D eigenvalue weighted by Crippen LogP contribution is -2.45. The molecule has 3 N–H and O–H groups in total. The van der Waals surface area contributed by atoms with E-state index in [-0.39, 0.29) is 19.1 Å². The highest BCUT2D eigenvalue weighted by atomic mass is 31.2. The van der Waals surface area contributed by atoms with Crippen molar-refractivity contribution >= 4 is 13.7 Å². The molecule has 3 unspecified atom stereocenters. The Morgan fingerprint density at radius 3 is 1.36 bits per heavy atom. The number of nitrogens with zero attached hydrogens (tertiary/aromatic N) is 1. The summed E-state index contributed by atoms with van der Waals surface area (Å²) in [5.41, 5.74) is 0. The van der Waals surface area contributed by atoms with Crippen LogP contribution in [0.5, 0.6) is 0 Å².